The molecule has 2 N–H and O–H groups in total. The molecule has 2 amide bonds. The summed E-state index contributed by atoms with van der Waals surface area (Å²) < 4.78 is 0. The molecule has 3 aromatic carbocycles. The lowest BCUT2D eigenvalue weighted by atomic mass is 9.86. The van der Waals surface area contributed by atoms with Gasteiger partial charge in [0.1, 0.15) is 6.04 Å². The zero-order valence-electron chi connectivity index (χ0n) is 21.0. The highest BCUT2D eigenvalue weighted by Crippen LogP contribution is 2.43. The van der Waals surface area contributed by atoms with Crippen LogP contribution < -0.4 is 0 Å². The maximum atomic E-state index is 14.0. The summed E-state index contributed by atoms with van der Waals surface area (Å²) in [5.74, 6) is -0.264. The van der Waals surface area contributed by atoms with Crippen LogP contribution in [0.5, 0.6) is 0 Å². The number of non-ortho nitro benzene ring substituents is 1. The fourth-order valence-electron chi connectivity index (χ4n) is 6.26. The van der Waals surface area contributed by atoms with Crippen LogP contribution >= 0.6 is 0 Å². The second-order valence-electron chi connectivity index (χ2n) is 10.2. The topological polar surface area (TPSA) is 115 Å². The normalized spacial score (nSPS) is 19.0. The summed E-state index contributed by atoms with van der Waals surface area (Å²) in [5.41, 5.74) is 5.39. The SMILES string of the molecule is O=C1[C@@H]2Cc3c([nH]c4ccccc34)C(c3cccc([N+](=O)[O-])c3)N2C(=O)CN1CCc1c[nH]c2ccccc12. The van der Waals surface area contributed by atoms with E-state index in [9.17, 15) is 19.7 Å². The van der Waals surface area contributed by atoms with Crippen molar-refractivity contribution in [2.45, 2.75) is 24.9 Å². The lowest BCUT2D eigenvalue weighted by Crippen LogP contribution is -2.63. The summed E-state index contributed by atoms with van der Waals surface area (Å²) in [4.78, 5) is 48.9. The molecule has 194 valence electrons. The Kier molecular flexibility index (Phi) is 5.26. The van der Waals surface area contributed by atoms with Crippen molar-refractivity contribution in [1.82, 2.24) is 19.8 Å². The van der Waals surface area contributed by atoms with E-state index in [1.807, 2.05) is 48.7 Å². The second-order valence-corrected chi connectivity index (χ2v) is 10.2. The number of nitro benzene ring substituents is 1. The van der Waals surface area contributed by atoms with Crippen molar-refractivity contribution >= 4 is 39.3 Å². The standard InChI is InChI=1S/C30H25N5O4/c36-27-17-33(13-12-19-16-31-24-10-3-1-8-21(19)24)30(37)26-15-23-22-9-2-4-11-25(22)32-28(23)29(34(26)27)18-6-5-7-20(14-18)35(38)39/h1-11,14,16,26,29,31-32H,12-13,15,17H2/t26-,29?/m0/s1. The molecule has 2 aromatic heterocycles. The first-order valence-corrected chi connectivity index (χ1v) is 13.0. The molecule has 1 unspecified atom stereocenters. The van der Waals surface area contributed by atoms with Crippen molar-refractivity contribution in [3.05, 3.63) is 111 Å². The van der Waals surface area contributed by atoms with Crippen molar-refractivity contribution in [1.29, 1.82) is 0 Å². The van der Waals surface area contributed by atoms with E-state index in [2.05, 4.69) is 16.0 Å². The second kappa shape index (κ2) is 8.83. The quantitative estimate of drug-likeness (QED) is 0.263. The number of amides is 2. The summed E-state index contributed by atoms with van der Waals surface area (Å²) in [6.45, 7) is 0.400. The molecular formula is C30H25N5O4. The number of nitro groups is 1. The minimum absolute atomic E-state index is 0.0291. The summed E-state index contributed by atoms with van der Waals surface area (Å²) >= 11 is 0. The Morgan fingerprint density at radius 2 is 1.72 bits per heavy atom. The van der Waals surface area contributed by atoms with Crippen molar-refractivity contribution in [3.8, 4) is 0 Å². The van der Waals surface area contributed by atoms with Gasteiger partial charge in [-0.2, -0.15) is 0 Å². The molecule has 9 nitrogen and oxygen atoms in total. The predicted octanol–water partition coefficient (Wildman–Crippen LogP) is 4.49. The van der Waals surface area contributed by atoms with Gasteiger partial charge in [-0.15, -0.1) is 0 Å². The highest BCUT2D eigenvalue weighted by Gasteiger charge is 2.48. The predicted molar refractivity (Wildman–Crippen MR) is 146 cm³/mol. The first-order valence-electron chi connectivity index (χ1n) is 13.0. The summed E-state index contributed by atoms with van der Waals surface area (Å²) in [5, 5.41) is 13.7. The minimum atomic E-state index is -0.690. The number of nitrogens with zero attached hydrogens (tertiary/aromatic N) is 3. The maximum absolute atomic E-state index is 14.0. The zero-order valence-corrected chi connectivity index (χ0v) is 21.0. The van der Waals surface area contributed by atoms with E-state index in [4.69, 9.17) is 0 Å². The molecule has 0 aliphatic carbocycles. The van der Waals surface area contributed by atoms with E-state index in [0.29, 0.717) is 24.9 Å². The Bertz CT molecular complexity index is 1790. The number of H-pyrrole nitrogens is 2. The Morgan fingerprint density at radius 3 is 2.54 bits per heavy atom. The summed E-state index contributed by atoms with van der Waals surface area (Å²) in [6.07, 6.45) is 2.98. The van der Waals surface area contributed by atoms with E-state index in [0.717, 1.165) is 38.6 Å². The van der Waals surface area contributed by atoms with Gasteiger partial charge in [0.2, 0.25) is 11.8 Å². The average Bonchev–Trinajstić information content (AvgIpc) is 3.54. The minimum Gasteiger partial charge on any atom is -0.361 e. The number of carbonyl (C=O) groups excluding carboxylic acids is 2. The molecule has 4 heterocycles. The van der Waals surface area contributed by atoms with Gasteiger partial charge in [-0.3, -0.25) is 19.7 Å². The maximum Gasteiger partial charge on any atom is 0.269 e. The molecule has 0 spiro atoms. The number of aromatic nitrogens is 2. The molecule has 1 saturated heterocycles. The number of nitrogens with one attached hydrogen (secondary N) is 2. The molecule has 0 saturated carbocycles. The molecule has 9 heteroatoms. The zero-order chi connectivity index (χ0) is 26.7. The van der Waals surface area contributed by atoms with E-state index in [1.165, 1.54) is 12.1 Å². The Labute approximate surface area is 223 Å². The van der Waals surface area contributed by atoms with Gasteiger partial charge in [0.15, 0.2) is 0 Å². The number of benzene rings is 3. The van der Waals surface area contributed by atoms with Crippen molar-refractivity contribution in [2.75, 3.05) is 13.1 Å². The number of para-hydroxylation sites is 2. The Hall–Kier alpha value is -4.92. The van der Waals surface area contributed by atoms with Gasteiger partial charge >= 0.3 is 0 Å². The highest BCUT2D eigenvalue weighted by molar-refractivity contribution is 5.97. The third kappa shape index (κ3) is 3.69. The third-order valence-corrected chi connectivity index (χ3v) is 8.07. The van der Waals surface area contributed by atoms with Crippen LogP contribution in [0.2, 0.25) is 0 Å². The lowest BCUT2D eigenvalue weighted by molar-refractivity contribution is -0.384. The molecule has 0 bridgehead atoms. The number of hydrogen-bond donors (Lipinski definition) is 2. The average molecular weight is 520 g/mol. The van der Waals surface area contributed by atoms with Crippen molar-refractivity contribution in [2.24, 2.45) is 0 Å². The van der Waals surface area contributed by atoms with Crippen LogP contribution in [0.1, 0.15) is 28.4 Å². The molecular weight excluding hydrogens is 494 g/mol. The Morgan fingerprint density at radius 1 is 0.949 bits per heavy atom. The molecule has 7 rings (SSSR count). The smallest absolute Gasteiger partial charge is 0.269 e. The monoisotopic (exact) mass is 519 g/mol. The van der Waals surface area contributed by atoms with Gasteiger partial charge in [0, 0.05) is 58.8 Å². The first-order chi connectivity index (χ1) is 19.0. The number of hydrogen-bond acceptors (Lipinski definition) is 4. The van der Waals surface area contributed by atoms with Gasteiger partial charge in [0.25, 0.3) is 5.69 Å². The molecule has 2 atom stereocenters. The molecule has 2 aliphatic rings. The van der Waals surface area contributed by atoms with Crippen molar-refractivity contribution < 1.29 is 14.5 Å². The van der Waals surface area contributed by atoms with Crippen LogP contribution in [0.15, 0.2) is 79.0 Å². The molecule has 0 radical (unpaired) electrons. The van der Waals surface area contributed by atoms with E-state index in [-0.39, 0.29) is 24.0 Å². The van der Waals surface area contributed by atoms with Gasteiger partial charge in [0.05, 0.1) is 17.5 Å². The fraction of sp³-hybridized carbons (Fsp3) is 0.200. The van der Waals surface area contributed by atoms with Gasteiger partial charge in [-0.25, -0.2) is 0 Å². The van der Waals surface area contributed by atoms with E-state index in [1.54, 1.807) is 21.9 Å². The number of aromatic amines is 2. The van der Waals surface area contributed by atoms with Crippen LogP contribution in [0.4, 0.5) is 5.69 Å². The van der Waals surface area contributed by atoms with Crippen LogP contribution in [-0.2, 0) is 22.4 Å². The fourth-order valence-corrected chi connectivity index (χ4v) is 6.26. The molecule has 5 aromatic rings. The number of fused-ring (bicyclic) bond motifs is 5. The van der Waals surface area contributed by atoms with Crippen molar-refractivity contribution in [3.63, 3.8) is 0 Å². The van der Waals surface area contributed by atoms with Crippen LogP contribution in [0, 0.1) is 10.1 Å². The molecule has 1 fully saturated rings. The molecule has 39 heavy (non-hydrogen) atoms. The van der Waals surface area contributed by atoms with Gasteiger partial charge in [-0.1, -0.05) is 48.5 Å². The summed E-state index contributed by atoms with van der Waals surface area (Å²) in [6, 6.07) is 20.9. The van der Waals surface area contributed by atoms with Crippen LogP contribution in [0.3, 0.4) is 0 Å². The third-order valence-electron chi connectivity index (χ3n) is 8.07. The summed E-state index contributed by atoms with van der Waals surface area (Å²) in [7, 11) is 0. The largest absolute Gasteiger partial charge is 0.361 e. The van der Waals surface area contributed by atoms with Gasteiger partial charge < -0.3 is 19.8 Å². The van der Waals surface area contributed by atoms with Crippen LogP contribution in [-0.4, -0.2) is 55.6 Å². The lowest BCUT2D eigenvalue weighted by Gasteiger charge is -2.47. The van der Waals surface area contributed by atoms with E-state index >= 15 is 0 Å². The Balaban J connectivity index is 1.27. The molecule has 2 aliphatic heterocycles. The van der Waals surface area contributed by atoms with E-state index < -0.39 is 17.0 Å². The number of carbonyl (C=O) groups is 2. The van der Waals surface area contributed by atoms with Gasteiger partial charge in [-0.05, 0) is 35.2 Å². The number of piperazine rings is 1. The van der Waals surface area contributed by atoms with Crippen LogP contribution in [0.25, 0.3) is 21.8 Å². The number of rotatable bonds is 5. The first kappa shape index (κ1) is 23.2. The highest BCUT2D eigenvalue weighted by atomic mass is 16.6.